The molecule has 0 aliphatic heterocycles. The summed E-state index contributed by atoms with van der Waals surface area (Å²) in [4.78, 5) is 26.3. The van der Waals surface area contributed by atoms with Crippen LogP contribution in [0, 0.1) is 0 Å². The number of halogens is 6. The third-order valence-electron chi connectivity index (χ3n) is 4.65. The Kier molecular flexibility index (Phi) is 8.71. The van der Waals surface area contributed by atoms with Gasteiger partial charge < -0.3 is 16.0 Å². The first kappa shape index (κ1) is 26.5. The second-order valence-electron chi connectivity index (χ2n) is 7.12. The molecular weight excluding hydrogens is 528 g/mol. The molecule has 3 aromatic carbocycles. The number of urea groups is 2. The van der Waals surface area contributed by atoms with Gasteiger partial charge >= 0.3 is 18.2 Å². The number of nitrogens with one attached hydrogen (secondary N) is 3. The van der Waals surface area contributed by atoms with Crippen molar-refractivity contribution in [2.24, 2.45) is 0 Å². The minimum absolute atomic E-state index is 0.00798. The average Bonchev–Trinajstić information content (AvgIpc) is 2.81. The van der Waals surface area contributed by atoms with Gasteiger partial charge in [0.2, 0.25) is 0 Å². The number of anilines is 3. The molecule has 0 saturated carbocycles. The molecule has 0 saturated heterocycles. The second kappa shape index (κ2) is 11.5. The SMILES string of the molecule is O=C(NCCN(C(=O)Nc1ccc(Cl)cc1)c1cccc(C(F)(F)F)c1)Nc1cccc(Cl)c1Cl. The van der Waals surface area contributed by atoms with E-state index in [0.717, 1.165) is 17.0 Å². The van der Waals surface area contributed by atoms with Gasteiger partial charge in [-0.2, -0.15) is 13.2 Å². The fourth-order valence-corrected chi connectivity index (χ4v) is 3.44. The van der Waals surface area contributed by atoms with Crippen LogP contribution < -0.4 is 20.9 Å². The maximum atomic E-state index is 13.2. The average molecular weight is 546 g/mol. The van der Waals surface area contributed by atoms with Crippen LogP contribution in [0.1, 0.15) is 5.56 Å². The molecule has 4 amide bonds. The highest BCUT2D eigenvalue weighted by atomic mass is 35.5. The number of amides is 4. The number of rotatable bonds is 6. The highest BCUT2D eigenvalue weighted by molar-refractivity contribution is 6.44. The Balaban J connectivity index is 1.74. The van der Waals surface area contributed by atoms with E-state index in [9.17, 15) is 22.8 Å². The van der Waals surface area contributed by atoms with Crippen molar-refractivity contribution < 1.29 is 22.8 Å². The quantitative estimate of drug-likeness (QED) is 0.300. The van der Waals surface area contributed by atoms with E-state index in [1.165, 1.54) is 12.1 Å². The summed E-state index contributed by atoms with van der Waals surface area (Å²) >= 11 is 17.8. The van der Waals surface area contributed by atoms with Crippen molar-refractivity contribution in [3.8, 4) is 0 Å². The third kappa shape index (κ3) is 7.42. The molecule has 0 heterocycles. The van der Waals surface area contributed by atoms with Gasteiger partial charge in [0.15, 0.2) is 0 Å². The van der Waals surface area contributed by atoms with Crippen LogP contribution in [-0.4, -0.2) is 25.2 Å². The minimum Gasteiger partial charge on any atom is -0.336 e. The maximum Gasteiger partial charge on any atom is 0.416 e. The molecule has 3 aromatic rings. The number of carbonyl (C=O) groups excluding carboxylic acids is 2. The molecule has 3 rings (SSSR count). The number of alkyl halides is 3. The molecule has 3 N–H and O–H groups in total. The van der Waals surface area contributed by atoms with Gasteiger partial charge in [-0.1, -0.05) is 46.9 Å². The Morgan fingerprint density at radius 2 is 1.57 bits per heavy atom. The highest BCUT2D eigenvalue weighted by Crippen LogP contribution is 2.32. The molecular formula is C23H18Cl3F3N4O2. The predicted octanol–water partition coefficient (Wildman–Crippen LogP) is 7.53. The molecule has 0 bridgehead atoms. The number of nitrogens with zero attached hydrogens (tertiary/aromatic N) is 1. The summed E-state index contributed by atoms with van der Waals surface area (Å²) < 4.78 is 39.7. The molecule has 0 atom stereocenters. The Hall–Kier alpha value is -3.14. The topological polar surface area (TPSA) is 73.5 Å². The standard InChI is InChI=1S/C23H18Cl3F3N4O2/c24-15-7-9-16(10-8-15)31-22(35)33(17-4-1-3-14(13-17)23(27,28)29)12-11-30-21(34)32-19-6-2-5-18(25)20(19)26/h1-10,13H,11-12H2,(H,31,35)(H2,30,32,34). The number of carbonyl (C=O) groups is 2. The van der Waals surface area contributed by atoms with E-state index in [-0.39, 0.29) is 34.5 Å². The zero-order valence-corrected chi connectivity index (χ0v) is 20.1. The molecule has 0 unspecified atom stereocenters. The van der Waals surface area contributed by atoms with Gasteiger partial charge in [-0.3, -0.25) is 4.90 Å². The fraction of sp³-hybridized carbons (Fsp3) is 0.130. The fourth-order valence-electron chi connectivity index (χ4n) is 2.97. The zero-order chi connectivity index (χ0) is 25.6. The van der Waals surface area contributed by atoms with E-state index in [0.29, 0.717) is 10.7 Å². The third-order valence-corrected chi connectivity index (χ3v) is 5.72. The molecule has 0 aliphatic carbocycles. The molecule has 6 nitrogen and oxygen atoms in total. The number of hydrogen-bond donors (Lipinski definition) is 3. The number of hydrogen-bond acceptors (Lipinski definition) is 2. The van der Waals surface area contributed by atoms with Crippen molar-refractivity contribution in [1.29, 1.82) is 0 Å². The van der Waals surface area contributed by atoms with Gasteiger partial charge in [0.1, 0.15) is 0 Å². The van der Waals surface area contributed by atoms with Gasteiger partial charge in [0.25, 0.3) is 0 Å². The highest BCUT2D eigenvalue weighted by Gasteiger charge is 2.31. The van der Waals surface area contributed by atoms with Crippen LogP contribution in [0.5, 0.6) is 0 Å². The summed E-state index contributed by atoms with van der Waals surface area (Å²) in [6.07, 6.45) is -4.59. The van der Waals surface area contributed by atoms with Gasteiger partial charge in [-0.15, -0.1) is 0 Å². The van der Waals surface area contributed by atoms with Crippen LogP contribution in [0.25, 0.3) is 0 Å². The van der Waals surface area contributed by atoms with E-state index in [2.05, 4.69) is 16.0 Å². The summed E-state index contributed by atoms with van der Waals surface area (Å²) in [5, 5.41) is 8.51. The Morgan fingerprint density at radius 1 is 0.886 bits per heavy atom. The van der Waals surface area contributed by atoms with Crippen molar-refractivity contribution in [3.63, 3.8) is 0 Å². The first-order valence-corrected chi connectivity index (χ1v) is 11.2. The van der Waals surface area contributed by atoms with Gasteiger partial charge in [-0.25, -0.2) is 9.59 Å². The normalized spacial score (nSPS) is 11.0. The van der Waals surface area contributed by atoms with Crippen molar-refractivity contribution in [2.45, 2.75) is 6.18 Å². The molecule has 0 spiro atoms. The van der Waals surface area contributed by atoms with Gasteiger partial charge in [0, 0.05) is 29.5 Å². The van der Waals surface area contributed by atoms with E-state index >= 15 is 0 Å². The molecule has 0 radical (unpaired) electrons. The predicted molar refractivity (Wildman–Crippen MR) is 133 cm³/mol. The summed E-state index contributed by atoms with van der Waals surface area (Å²) in [6, 6.07) is 13.9. The van der Waals surface area contributed by atoms with Crippen LogP contribution >= 0.6 is 34.8 Å². The van der Waals surface area contributed by atoms with Crippen LogP contribution in [-0.2, 0) is 6.18 Å². The lowest BCUT2D eigenvalue weighted by Crippen LogP contribution is -2.42. The van der Waals surface area contributed by atoms with Crippen molar-refractivity contribution in [2.75, 3.05) is 28.6 Å². The summed E-state index contributed by atoms with van der Waals surface area (Å²) in [5.74, 6) is 0. The summed E-state index contributed by atoms with van der Waals surface area (Å²) in [6.45, 7) is -0.230. The summed E-state index contributed by atoms with van der Waals surface area (Å²) in [7, 11) is 0. The lowest BCUT2D eigenvalue weighted by molar-refractivity contribution is -0.137. The van der Waals surface area contributed by atoms with Crippen LogP contribution in [0.2, 0.25) is 15.1 Å². The van der Waals surface area contributed by atoms with Crippen LogP contribution in [0.3, 0.4) is 0 Å². The van der Waals surface area contributed by atoms with Crippen molar-refractivity contribution in [1.82, 2.24) is 5.32 Å². The van der Waals surface area contributed by atoms with E-state index < -0.39 is 23.8 Å². The zero-order valence-electron chi connectivity index (χ0n) is 17.8. The Morgan fingerprint density at radius 3 is 2.26 bits per heavy atom. The van der Waals surface area contributed by atoms with Crippen LogP contribution in [0.15, 0.2) is 66.7 Å². The number of benzene rings is 3. The Labute approximate surface area is 214 Å². The minimum atomic E-state index is -4.59. The van der Waals surface area contributed by atoms with E-state index in [4.69, 9.17) is 34.8 Å². The van der Waals surface area contributed by atoms with Crippen molar-refractivity contribution in [3.05, 3.63) is 87.4 Å². The van der Waals surface area contributed by atoms with E-state index in [1.807, 2.05) is 0 Å². The molecule has 0 fully saturated rings. The van der Waals surface area contributed by atoms with Gasteiger partial charge in [-0.05, 0) is 54.6 Å². The first-order chi connectivity index (χ1) is 16.5. The lowest BCUT2D eigenvalue weighted by atomic mass is 10.2. The Bertz CT molecular complexity index is 1210. The lowest BCUT2D eigenvalue weighted by Gasteiger charge is -2.24. The monoisotopic (exact) mass is 544 g/mol. The molecule has 0 aromatic heterocycles. The van der Waals surface area contributed by atoms with Crippen LogP contribution in [0.4, 0.5) is 39.8 Å². The summed E-state index contributed by atoms with van der Waals surface area (Å²) in [5.41, 5.74) is -0.267. The first-order valence-electron chi connectivity index (χ1n) is 10.0. The molecule has 0 aliphatic rings. The maximum absolute atomic E-state index is 13.2. The van der Waals surface area contributed by atoms with E-state index in [1.54, 1.807) is 42.5 Å². The van der Waals surface area contributed by atoms with Gasteiger partial charge in [0.05, 0.1) is 21.3 Å². The second-order valence-corrected chi connectivity index (χ2v) is 8.34. The van der Waals surface area contributed by atoms with Crippen molar-refractivity contribution >= 4 is 63.9 Å². The molecule has 184 valence electrons. The largest absolute Gasteiger partial charge is 0.416 e. The smallest absolute Gasteiger partial charge is 0.336 e. The molecule has 35 heavy (non-hydrogen) atoms. The molecule has 12 heteroatoms.